The molecule has 0 unspecified atom stereocenters. The van der Waals surface area contributed by atoms with E-state index in [9.17, 15) is 0 Å². The van der Waals surface area contributed by atoms with Crippen LogP contribution in [0.3, 0.4) is 0 Å². The second-order valence-corrected chi connectivity index (χ2v) is 13.2. The van der Waals surface area contributed by atoms with Gasteiger partial charge >= 0.3 is 0 Å². The maximum absolute atomic E-state index is 6.53. The number of benzene rings is 7. The van der Waals surface area contributed by atoms with Gasteiger partial charge in [0.1, 0.15) is 22.3 Å². The van der Waals surface area contributed by atoms with Crippen LogP contribution in [0.15, 0.2) is 167 Å². The second kappa shape index (κ2) is 9.77. The first-order chi connectivity index (χ1) is 25.3. The van der Waals surface area contributed by atoms with Crippen molar-refractivity contribution in [1.82, 2.24) is 18.5 Å². The molecule has 0 saturated carbocycles. The molecule has 0 N–H and O–H groups in total. The van der Waals surface area contributed by atoms with Crippen molar-refractivity contribution in [2.75, 3.05) is 0 Å². The molecule has 0 amide bonds. The van der Waals surface area contributed by atoms with E-state index in [4.69, 9.17) is 13.8 Å². The third kappa shape index (κ3) is 3.57. The van der Waals surface area contributed by atoms with Crippen molar-refractivity contribution in [2.24, 2.45) is 0 Å². The number of aromatic nitrogens is 4. The Morgan fingerprint density at radius 1 is 0.451 bits per heavy atom. The van der Waals surface area contributed by atoms with E-state index >= 15 is 0 Å². The number of rotatable bonds is 3. The topological polar surface area (TPSA) is 53.4 Å². The highest BCUT2D eigenvalue weighted by atomic mass is 16.3. The largest absolute Gasteiger partial charge is 0.455 e. The normalized spacial score (nSPS) is 12.3. The molecule has 0 saturated heterocycles. The van der Waals surface area contributed by atoms with E-state index in [1.165, 1.54) is 10.8 Å². The molecule has 0 radical (unpaired) electrons. The molecule has 6 nitrogen and oxygen atoms in total. The Hall–Kier alpha value is -7.05. The summed E-state index contributed by atoms with van der Waals surface area (Å²) in [7, 11) is 0. The van der Waals surface area contributed by atoms with E-state index in [1.54, 1.807) is 0 Å². The summed E-state index contributed by atoms with van der Waals surface area (Å²) in [6.45, 7) is 0. The highest BCUT2D eigenvalue weighted by Gasteiger charge is 2.24. The van der Waals surface area contributed by atoms with Gasteiger partial charge in [-0.2, -0.15) is 0 Å². The zero-order valence-corrected chi connectivity index (χ0v) is 27.1. The zero-order chi connectivity index (χ0) is 33.2. The third-order valence-electron chi connectivity index (χ3n) is 10.5. The summed E-state index contributed by atoms with van der Waals surface area (Å²) in [4.78, 5) is 5.12. The van der Waals surface area contributed by atoms with Gasteiger partial charge in [0.05, 0.1) is 27.8 Å². The SMILES string of the molecule is c1ccc2c(c1)nc1n(-c3ccc4c(c3)c3ccccc3n4-c3ccc(-c4cccc5c4oc4ccccc45)cc3)c3c4ccccc4oc3n21. The number of nitrogens with zero attached hydrogens (tertiary/aromatic N) is 4. The van der Waals surface area contributed by atoms with Gasteiger partial charge in [-0.1, -0.05) is 91.0 Å². The standard InChI is InChI=1S/C45H26N4O2/c1-5-16-37-31(10-1)35-26-29(48-42-34-12-3-8-19-41(34)51-44(42)49-39-17-6-4-15-36(39)46-45(48)49)24-25-38(35)47(37)28-22-20-27(21-23-28)30-13-9-14-33-32-11-2-7-18-40(32)50-43(30)33/h1-26H. The third-order valence-corrected chi connectivity index (χ3v) is 10.5. The quantitative estimate of drug-likeness (QED) is 0.190. The van der Waals surface area contributed by atoms with Crippen LogP contribution < -0.4 is 0 Å². The highest BCUT2D eigenvalue weighted by molar-refractivity contribution is 6.12. The van der Waals surface area contributed by atoms with Crippen molar-refractivity contribution in [3.05, 3.63) is 158 Å². The predicted molar refractivity (Wildman–Crippen MR) is 206 cm³/mol. The molecule has 0 aliphatic carbocycles. The van der Waals surface area contributed by atoms with E-state index in [2.05, 4.69) is 141 Å². The molecule has 5 aromatic heterocycles. The zero-order valence-electron chi connectivity index (χ0n) is 27.1. The molecule has 238 valence electrons. The summed E-state index contributed by atoms with van der Waals surface area (Å²) >= 11 is 0. The minimum absolute atomic E-state index is 0.792. The number of hydrogen-bond donors (Lipinski definition) is 0. The van der Waals surface area contributed by atoms with Crippen molar-refractivity contribution >= 4 is 82.8 Å². The predicted octanol–water partition coefficient (Wildman–Crippen LogP) is 11.8. The van der Waals surface area contributed by atoms with Gasteiger partial charge in [0.25, 0.3) is 0 Å². The smallest absolute Gasteiger partial charge is 0.232 e. The monoisotopic (exact) mass is 654 g/mol. The average molecular weight is 655 g/mol. The minimum atomic E-state index is 0.792. The fraction of sp³-hybridized carbons (Fsp3) is 0. The van der Waals surface area contributed by atoms with Crippen LogP contribution in [0.1, 0.15) is 0 Å². The summed E-state index contributed by atoms with van der Waals surface area (Å²) < 4.78 is 19.6. The van der Waals surface area contributed by atoms with E-state index in [1.807, 2.05) is 30.3 Å². The Morgan fingerprint density at radius 2 is 1.12 bits per heavy atom. The van der Waals surface area contributed by atoms with Crippen LogP contribution in [-0.2, 0) is 0 Å². The van der Waals surface area contributed by atoms with Gasteiger partial charge in [-0.3, -0.25) is 4.57 Å². The van der Waals surface area contributed by atoms with Crippen LogP contribution in [0.5, 0.6) is 0 Å². The summed E-state index contributed by atoms with van der Waals surface area (Å²) in [5.74, 6) is 0.828. The van der Waals surface area contributed by atoms with Crippen molar-refractivity contribution < 1.29 is 8.83 Å². The van der Waals surface area contributed by atoms with E-state index in [-0.39, 0.29) is 0 Å². The summed E-state index contributed by atoms with van der Waals surface area (Å²) in [6.07, 6.45) is 0. The van der Waals surface area contributed by atoms with Crippen LogP contribution in [0.4, 0.5) is 0 Å². The van der Waals surface area contributed by atoms with Gasteiger partial charge in [0, 0.05) is 38.2 Å². The Bertz CT molecular complexity index is 3370. The van der Waals surface area contributed by atoms with E-state index in [0.717, 1.165) is 94.5 Å². The number of hydrogen-bond acceptors (Lipinski definition) is 3. The first kappa shape index (κ1) is 26.9. The Balaban J connectivity index is 1.06. The van der Waals surface area contributed by atoms with Gasteiger partial charge < -0.3 is 13.4 Å². The minimum Gasteiger partial charge on any atom is -0.455 e. The molecule has 7 aromatic carbocycles. The number of imidazole rings is 2. The lowest BCUT2D eigenvalue weighted by molar-refractivity contribution is 0.651. The van der Waals surface area contributed by atoms with Crippen LogP contribution in [0, 0.1) is 0 Å². The molecule has 0 aliphatic rings. The molecule has 51 heavy (non-hydrogen) atoms. The Kier molecular flexibility index (Phi) is 5.14. The molecular weight excluding hydrogens is 629 g/mol. The lowest BCUT2D eigenvalue weighted by atomic mass is 10.0. The summed E-state index contributed by atoms with van der Waals surface area (Å²) in [6, 6.07) is 55.3. The maximum atomic E-state index is 6.53. The lowest BCUT2D eigenvalue weighted by Gasteiger charge is -2.10. The van der Waals surface area contributed by atoms with E-state index in [0.29, 0.717) is 0 Å². The van der Waals surface area contributed by atoms with Crippen molar-refractivity contribution in [2.45, 2.75) is 0 Å². The highest BCUT2D eigenvalue weighted by Crippen LogP contribution is 2.40. The summed E-state index contributed by atoms with van der Waals surface area (Å²) in [5.41, 5.74) is 13.1. The number of para-hydroxylation sites is 6. The molecule has 0 bridgehead atoms. The number of fused-ring (bicyclic) bond motifs is 13. The first-order valence-corrected chi connectivity index (χ1v) is 17.1. The second-order valence-electron chi connectivity index (χ2n) is 13.2. The molecule has 0 atom stereocenters. The van der Waals surface area contributed by atoms with Gasteiger partial charge in [0.15, 0.2) is 0 Å². The van der Waals surface area contributed by atoms with Crippen LogP contribution in [-0.4, -0.2) is 18.5 Å². The molecule has 0 spiro atoms. The summed E-state index contributed by atoms with van der Waals surface area (Å²) in [5, 5.41) is 5.69. The molecular formula is C45H26N4O2. The molecule has 12 rings (SSSR count). The molecule has 0 aliphatic heterocycles. The Labute approximate surface area is 289 Å². The molecule has 12 aromatic rings. The fourth-order valence-electron chi connectivity index (χ4n) is 8.24. The average Bonchev–Trinajstić information content (AvgIpc) is 3.98. The molecule has 6 heteroatoms. The number of furan rings is 2. The molecule has 5 heterocycles. The van der Waals surface area contributed by atoms with Crippen molar-refractivity contribution in [3.8, 4) is 22.5 Å². The van der Waals surface area contributed by atoms with Crippen LogP contribution in [0.2, 0.25) is 0 Å². The van der Waals surface area contributed by atoms with Crippen molar-refractivity contribution in [3.63, 3.8) is 0 Å². The fourth-order valence-corrected chi connectivity index (χ4v) is 8.24. The first-order valence-electron chi connectivity index (χ1n) is 17.1. The van der Waals surface area contributed by atoms with E-state index < -0.39 is 0 Å². The lowest BCUT2D eigenvalue weighted by Crippen LogP contribution is -1.97. The van der Waals surface area contributed by atoms with Gasteiger partial charge in [-0.05, 0) is 72.3 Å². The van der Waals surface area contributed by atoms with Crippen LogP contribution in [0.25, 0.3) is 105 Å². The van der Waals surface area contributed by atoms with Gasteiger partial charge in [-0.15, -0.1) is 0 Å². The van der Waals surface area contributed by atoms with Crippen molar-refractivity contribution in [1.29, 1.82) is 0 Å². The maximum Gasteiger partial charge on any atom is 0.232 e. The Morgan fingerprint density at radius 3 is 1.98 bits per heavy atom. The van der Waals surface area contributed by atoms with Crippen LogP contribution >= 0.6 is 0 Å². The van der Waals surface area contributed by atoms with Gasteiger partial charge in [-0.25, -0.2) is 9.38 Å². The molecule has 0 fully saturated rings. The van der Waals surface area contributed by atoms with Gasteiger partial charge in [0.2, 0.25) is 11.5 Å².